The van der Waals surface area contributed by atoms with Crippen LogP contribution in [0.3, 0.4) is 0 Å². The minimum Gasteiger partial charge on any atom is -0.476 e. The van der Waals surface area contributed by atoms with Gasteiger partial charge in [0.15, 0.2) is 0 Å². The molecule has 2 nitrogen and oxygen atoms in total. The summed E-state index contributed by atoms with van der Waals surface area (Å²) in [5, 5.41) is 8.23. The Bertz CT molecular complexity index is 402. The van der Waals surface area contributed by atoms with Crippen LogP contribution in [0.1, 0.15) is 5.56 Å². The van der Waals surface area contributed by atoms with Gasteiger partial charge in [-0.3, -0.25) is 0 Å². The Morgan fingerprint density at radius 1 is 1.50 bits per heavy atom. The number of benzene rings is 1. The Kier molecular flexibility index (Phi) is 3.35. The lowest BCUT2D eigenvalue weighted by atomic mass is 10.2. The summed E-state index contributed by atoms with van der Waals surface area (Å²) < 4.78 is 26.1. The molecule has 0 aliphatic carbocycles. The molecule has 0 saturated carbocycles. The molecule has 0 heterocycles. The van der Waals surface area contributed by atoms with E-state index in [9.17, 15) is 13.6 Å². The number of hydrogen-bond donors (Lipinski definition) is 1. The predicted molar refractivity (Wildman–Crippen MR) is 50.8 cm³/mol. The summed E-state index contributed by atoms with van der Waals surface area (Å²) in [5.74, 6) is -3.80. The largest absolute Gasteiger partial charge is 0.476 e. The first-order valence-corrected chi connectivity index (χ1v) is 4.35. The van der Waals surface area contributed by atoms with Crippen molar-refractivity contribution in [2.75, 3.05) is 0 Å². The van der Waals surface area contributed by atoms with Crippen molar-refractivity contribution < 1.29 is 18.7 Å². The van der Waals surface area contributed by atoms with Crippen LogP contribution in [0.25, 0.3) is 6.08 Å². The second kappa shape index (κ2) is 4.32. The molecule has 0 aliphatic rings. The average Bonchev–Trinajstić information content (AvgIpc) is 2.11. The highest BCUT2D eigenvalue weighted by Gasteiger charge is 2.07. The number of carboxylic acids is 1. The van der Waals surface area contributed by atoms with Gasteiger partial charge in [-0.1, -0.05) is 15.9 Å². The highest BCUT2D eigenvalue weighted by molar-refractivity contribution is 9.10. The van der Waals surface area contributed by atoms with E-state index in [1.165, 1.54) is 12.1 Å². The van der Waals surface area contributed by atoms with Crippen LogP contribution >= 0.6 is 15.9 Å². The Morgan fingerprint density at radius 3 is 2.71 bits per heavy atom. The Morgan fingerprint density at radius 2 is 2.14 bits per heavy atom. The quantitative estimate of drug-likeness (QED) is 0.833. The van der Waals surface area contributed by atoms with Gasteiger partial charge >= 0.3 is 5.97 Å². The van der Waals surface area contributed by atoms with Crippen LogP contribution in [-0.4, -0.2) is 11.1 Å². The van der Waals surface area contributed by atoms with Crippen LogP contribution in [-0.2, 0) is 4.79 Å². The molecule has 0 bridgehead atoms. The molecule has 1 rings (SSSR count). The van der Waals surface area contributed by atoms with Crippen LogP contribution in [0.5, 0.6) is 0 Å². The predicted octanol–water partition coefficient (Wildman–Crippen LogP) is 2.98. The molecule has 1 N–H and O–H groups in total. The fourth-order valence-electron chi connectivity index (χ4n) is 0.823. The fourth-order valence-corrected chi connectivity index (χ4v) is 1.20. The highest BCUT2D eigenvalue weighted by atomic mass is 79.9. The molecule has 1 aromatic rings. The lowest BCUT2D eigenvalue weighted by Gasteiger charge is -1.97. The molecule has 74 valence electrons. The molecular formula is C9H5BrF2O2. The zero-order valence-corrected chi connectivity index (χ0v) is 8.38. The van der Waals surface area contributed by atoms with E-state index in [-0.39, 0.29) is 5.56 Å². The first-order chi connectivity index (χ1) is 6.50. The molecule has 0 radical (unpaired) electrons. The van der Waals surface area contributed by atoms with Crippen molar-refractivity contribution >= 4 is 28.0 Å². The van der Waals surface area contributed by atoms with E-state index in [0.29, 0.717) is 10.5 Å². The van der Waals surface area contributed by atoms with E-state index < -0.39 is 17.6 Å². The molecule has 0 atom stereocenters. The third-order valence-corrected chi connectivity index (χ3v) is 1.94. The van der Waals surface area contributed by atoms with Crippen LogP contribution in [0.15, 0.2) is 28.5 Å². The normalized spacial score (nSPS) is 11.5. The average molecular weight is 263 g/mol. The Hall–Kier alpha value is -1.23. The summed E-state index contributed by atoms with van der Waals surface area (Å²) in [7, 11) is 0. The van der Waals surface area contributed by atoms with Gasteiger partial charge in [-0.25, -0.2) is 9.18 Å². The van der Waals surface area contributed by atoms with Crippen molar-refractivity contribution in [3.05, 3.63) is 39.9 Å². The number of carboxylic acid groups (broad SMARTS) is 1. The minimum absolute atomic E-state index is 0.112. The van der Waals surface area contributed by atoms with Gasteiger partial charge in [0.1, 0.15) is 5.82 Å². The van der Waals surface area contributed by atoms with E-state index in [1.54, 1.807) is 0 Å². The van der Waals surface area contributed by atoms with Gasteiger partial charge in [-0.05, 0) is 24.3 Å². The minimum atomic E-state index is -1.72. The summed E-state index contributed by atoms with van der Waals surface area (Å²) in [6.07, 6.45) is 0.627. The lowest BCUT2D eigenvalue weighted by Crippen LogP contribution is -1.95. The van der Waals surface area contributed by atoms with E-state index in [1.807, 2.05) is 0 Å². The zero-order valence-electron chi connectivity index (χ0n) is 6.80. The molecule has 0 aromatic heterocycles. The van der Waals surface area contributed by atoms with Gasteiger partial charge < -0.3 is 5.11 Å². The van der Waals surface area contributed by atoms with Crippen LogP contribution in [0, 0.1) is 5.82 Å². The van der Waals surface area contributed by atoms with Crippen LogP contribution in [0.2, 0.25) is 0 Å². The van der Waals surface area contributed by atoms with E-state index in [4.69, 9.17) is 5.11 Å². The number of hydrogen-bond acceptors (Lipinski definition) is 1. The molecule has 0 spiro atoms. The molecule has 1 aromatic carbocycles. The third-order valence-electron chi connectivity index (χ3n) is 1.44. The van der Waals surface area contributed by atoms with Gasteiger partial charge in [-0.2, -0.15) is 4.39 Å². The summed E-state index contributed by atoms with van der Waals surface area (Å²) in [6.45, 7) is 0. The van der Waals surface area contributed by atoms with E-state index in [2.05, 4.69) is 15.9 Å². The summed E-state index contributed by atoms with van der Waals surface area (Å²) in [6, 6.07) is 3.84. The molecular weight excluding hydrogens is 258 g/mol. The van der Waals surface area contributed by atoms with Gasteiger partial charge in [0.25, 0.3) is 0 Å². The Balaban J connectivity index is 3.13. The van der Waals surface area contributed by atoms with E-state index >= 15 is 0 Å². The topological polar surface area (TPSA) is 37.3 Å². The fraction of sp³-hybridized carbons (Fsp3) is 0. The maximum absolute atomic E-state index is 13.0. The third kappa shape index (κ3) is 2.63. The van der Waals surface area contributed by atoms with Crippen molar-refractivity contribution in [2.24, 2.45) is 0 Å². The number of rotatable bonds is 2. The second-order valence-corrected chi connectivity index (χ2v) is 3.38. The second-order valence-electron chi connectivity index (χ2n) is 2.46. The first-order valence-electron chi connectivity index (χ1n) is 3.56. The van der Waals surface area contributed by atoms with Crippen LogP contribution in [0.4, 0.5) is 8.78 Å². The van der Waals surface area contributed by atoms with Crippen molar-refractivity contribution in [1.82, 2.24) is 0 Å². The van der Waals surface area contributed by atoms with Gasteiger partial charge in [0.05, 0.1) is 0 Å². The summed E-state index contributed by atoms with van der Waals surface area (Å²) in [4.78, 5) is 10.1. The van der Waals surface area contributed by atoms with Gasteiger partial charge in [0.2, 0.25) is 5.83 Å². The summed E-state index contributed by atoms with van der Waals surface area (Å²) in [5.41, 5.74) is -0.112. The standard InChI is InChI=1S/C9H5BrF2O2/c10-6-1-2-7(11)5(3-6)4-8(12)9(13)14/h1-4H,(H,13,14)/b8-4-. The zero-order chi connectivity index (χ0) is 10.7. The molecule has 5 heteroatoms. The molecule has 14 heavy (non-hydrogen) atoms. The Labute approximate surface area is 87.0 Å². The smallest absolute Gasteiger partial charge is 0.364 e. The molecule has 0 amide bonds. The number of halogens is 3. The number of aliphatic carboxylic acids is 1. The van der Waals surface area contributed by atoms with Crippen molar-refractivity contribution in [3.8, 4) is 0 Å². The highest BCUT2D eigenvalue weighted by Crippen LogP contribution is 2.18. The maximum atomic E-state index is 13.0. The van der Waals surface area contributed by atoms with Crippen molar-refractivity contribution in [1.29, 1.82) is 0 Å². The summed E-state index contributed by atoms with van der Waals surface area (Å²) >= 11 is 3.06. The maximum Gasteiger partial charge on any atom is 0.364 e. The SMILES string of the molecule is O=C(O)/C(F)=C/c1cc(Br)ccc1F. The van der Waals surface area contributed by atoms with Gasteiger partial charge in [0, 0.05) is 10.0 Å². The van der Waals surface area contributed by atoms with Gasteiger partial charge in [-0.15, -0.1) is 0 Å². The molecule has 0 fully saturated rings. The molecule has 0 unspecified atom stereocenters. The molecule has 0 aliphatic heterocycles. The monoisotopic (exact) mass is 262 g/mol. The first kappa shape index (κ1) is 10.8. The van der Waals surface area contributed by atoms with Crippen molar-refractivity contribution in [2.45, 2.75) is 0 Å². The van der Waals surface area contributed by atoms with Crippen LogP contribution < -0.4 is 0 Å². The van der Waals surface area contributed by atoms with E-state index in [0.717, 1.165) is 6.07 Å². The lowest BCUT2D eigenvalue weighted by molar-refractivity contribution is -0.134. The molecule has 0 saturated heterocycles. The number of carbonyl (C=O) groups is 1. The van der Waals surface area contributed by atoms with Crippen molar-refractivity contribution in [3.63, 3.8) is 0 Å².